The number of carbonyl (C=O) groups is 3. The Morgan fingerprint density at radius 2 is 1.62 bits per heavy atom. The molecule has 0 unspecified atom stereocenters. The van der Waals surface area contributed by atoms with E-state index in [1.807, 2.05) is 24.3 Å². The van der Waals surface area contributed by atoms with Crippen LogP contribution in [0.4, 0.5) is 5.69 Å². The molecule has 2 amide bonds. The minimum Gasteiger partial charge on any atom is -0.548 e. The number of carboxylic acid groups (broad SMARTS) is 1. The van der Waals surface area contributed by atoms with E-state index in [9.17, 15) is 19.5 Å². The summed E-state index contributed by atoms with van der Waals surface area (Å²) in [6, 6.07) is 14.4. The fourth-order valence-corrected chi connectivity index (χ4v) is 3.58. The molecule has 7 heteroatoms. The first-order chi connectivity index (χ1) is 14.0. The van der Waals surface area contributed by atoms with E-state index in [4.69, 9.17) is 4.74 Å². The Balaban J connectivity index is 1.69. The molecular weight excluding hydrogens is 372 g/mol. The smallest absolute Gasteiger partial charge is 0.261 e. The molecule has 7 nitrogen and oxygen atoms in total. The average Bonchev–Trinajstić information content (AvgIpc) is 2.75. The lowest BCUT2D eigenvalue weighted by atomic mass is 9.92. The summed E-state index contributed by atoms with van der Waals surface area (Å²) >= 11 is 0. The first kappa shape index (κ1) is 18.9. The highest BCUT2D eigenvalue weighted by Gasteiger charge is 2.34. The van der Waals surface area contributed by atoms with Crippen molar-refractivity contribution in [3.8, 4) is 0 Å². The van der Waals surface area contributed by atoms with E-state index in [1.54, 1.807) is 30.3 Å². The molecule has 0 spiro atoms. The molecule has 29 heavy (non-hydrogen) atoms. The summed E-state index contributed by atoms with van der Waals surface area (Å²) in [5, 5.41) is 11.0. The van der Waals surface area contributed by atoms with Gasteiger partial charge < -0.3 is 19.5 Å². The van der Waals surface area contributed by atoms with Gasteiger partial charge in [-0.15, -0.1) is 0 Å². The van der Waals surface area contributed by atoms with Gasteiger partial charge in [0.15, 0.2) is 0 Å². The quantitative estimate of drug-likeness (QED) is 0.566. The molecule has 1 fully saturated rings. The van der Waals surface area contributed by atoms with Crippen LogP contribution in [0.15, 0.2) is 48.5 Å². The van der Waals surface area contributed by atoms with Crippen LogP contribution in [-0.4, -0.2) is 55.5 Å². The SMILES string of the molecule is O=C([O-])CN1C(=O)/C(=C\c2ccc(N3CCOCC3)cc2)c2ccccc2C1=O. The average molecular weight is 391 g/mol. The van der Waals surface area contributed by atoms with Gasteiger partial charge in [-0.3, -0.25) is 14.5 Å². The molecule has 4 rings (SSSR count). The summed E-state index contributed by atoms with van der Waals surface area (Å²) in [5.41, 5.74) is 2.92. The number of aliphatic carboxylic acids is 1. The van der Waals surface area contributed by atoms with Gasteiger partial charge in [-0.2, -0.15) is 0 Å². The van der Waals surface area contributed by atoms with Gasteiger partial charge >= 0.3 is 0 Å². The zero-order valence-corrected chi connectivity index (χ0v) is 15.7. The van der Waals surface area contributed by atoms with Crippen molar-refractivity contribution in [2.75, 3.05) is 37.7 Å². The maximum Gasteiger partial charge on any atom is 0.261 e. The van der Waals surface area contributed by atoms with Crippen molar-refractivity contribution in [3.05, 3.63) is 65.2 Å². The number of imide groups is 1. The van der Waals surface area contributed by atoms with Crippen LogP contribution in [0.2, 0.25) is 0 Å². The van der Waals surface area contributed by atoms with Gasteiger partial charge in [0.2, 0.25) is 0 Å². The van der Waals surface area contributed by atoms with Gasteiger partial charge in [-0.25, -0.2) is 0 Å². The van der Waals surface area contributed by atoms with E-state index in [2.05, 4.69) is 4.90 Å². The Morgan fingerprint density at radius 3 is 2.28 bits per heavy atom. The monoisotopic (exact) mass is 391 g/mol. The molecule has 0 atom stereocenters. The van der Waals surface area contributed by atoms with Crippen molar-refractivity contribution in [3.63, 3.8) is 0 Å². The third-order valence-corrected chi connectivity index (χ3v) is 5.04. The highest BCUT2D eigenvalue weighted by molar-refractivity contribution is 6.34. The molecule has 2 aromatic carbocycles. The maximum absolute atomic E-state index is 12.9. The summed E-state index contributed by atoms with van der Waals surface area (Å²) in [6.07, 6.45) is 1.68. The number of amides is 2. The zero-order valence-electron chi connectivity index (χ0n) is 15.7. The fourth-order valence-electron chi connectivity index (χ4n) is 3.58. The van der Waals surface area contributed by atoms with Crippen molar-refractivity contribution in [2.24, 2.45) is 0 Å². The lowest BCUT2D eigenvalue weighted by Gasteiger charge is -2.29. The number of morpholine rings is 1. The minimum atomic E-state index is -1.49. The fraction of sp³-hybridized carbons (Fsp3) is 0.227. The van der Waals surface area contributed by atoms with Crippen LogP contribution in [0.3, 0.4) is 0 Å². The Hall–Kier alpha value is -3.45. The normalized spacial score (nSPS) is 18.1. The molecule has 0 aliphatic carbocycles. The van der Waals surface area contributed by atoms with Crippen molar-refractivity contribution in [2.45, 2.75) is 0 Å². The van der Waals surface area contributed by atoms with Gasteiger partial charge in [-0.05, 0) is 35.4 Å². The van der Waals surface area contributed by atoms with E-state index in [0.717, 1.165) is 24.3 Å². The van der Waals surface area contributed by atoms with Crippen molar-refractivity contribution < 1.29 is 24.2 Å². The predicted molar refractivity (Wildman–Crippen MR) is 105 cm³/mol. The molecule has 0 saturated carbocycles. The number of benzene rings is 2. The van der Waals surface area contributed by atoms with Crippen LogP contribution in [0.5, 0.6) is 0 Å². The Morgan fingerprint density at radius 1 is 0.966 bits per heavy atom. The van der Waals surface area contributed by atoms with Crippen molar-refractivity contribution in [1.29, 1.82) is 0 Å². The van der Waals surface area contributed by atoms with E-state index in [0.29, 0.717) is 29.2 Å². The molecule has 2 aromatic rings. The lowest BCUT2D eigenvalue weighted by Crippen LogP contribution is -2.47. The molecular formula is C22H19N2O5-. The van der Waals surface area contributed by atoms with E-state index < -0.39 is 24.3 Å². The van der Waals surface area contributed by atoms with Gasteiger partial charge in [0.25, 0.3) is 11.8 Å². The topological polar surface area (TPSA) is 90.0 Å². The van der Waals surface area contributed by atoms with E-state index >= 15 is 0 Å². The number of nitrogens with zero attached hydrogens (tertiary/aromatic N) is 2. The number of rotatable bonds is 4. The highest BCUT2D eigenvalue weighted by atomic mass is 16.5. The number of hydrogen-bond acceptors (Lipinski definition) is 6. The largest absolute Gasteiger partial charge is 0.548 e. The number of ether oxygens (including phenoxy) is 1. The molecule has 0 radical (unpaired) electrons. The van der Waals surface area contributed by atoms with Crippen LogP contribution in [0, 0.1) is 0 Å². The molecule has 2 aliphatic rings. The number of anilines is 1. The third-order valence-electron chi connectivity index (χ3n) is 5.04. The molecule has 1 saturated heterocycles. The first-order valence-electron chi connectivity index (χ1n) is 9.34. The lowest BCUT2D eigenvalue weighted by molar-refractivity contribution is -0.305. The van der Waals surface area contributed by atoms with Crippen LogP contribution in [0.25, 0.3) is 11.6 Å². The number of carboxylic acids is 1. The molecule has 0 aromatic heterocycles. The first-order valence-corrected chi connectivity index (χ1v) is 9.34. The summed E-state index contributed by atoms with van der Waals surface area (Å²) in [6.45, 7) is 2.26. The van der Waals surface area contributed by atoms with Crippen molar-refractivity contribution in [1.82, 2.24) is 4.90 Å². The standard InChI is InChI=1S/C22H20N2O5/c25-20(26)14-24-21(27)18-4-2-1-3-17(18)19(22(24)28)13-15-5-7-16(8-6-15)23-9-11-29-12-10-23/h1-8,13H,9-12,14H2,(H,25,26)/p-1/b19-13-. The summed E-state index contributed by atoms with van der Waals surface area (Å²) in [7, 11) is 0. The Bertz CT molecular complexity index is 991. The van der Waals surface area contributed by atoms with E-state index in [1.165, 1.54) is 0 Å². The minimum absolute atomic E-state index is 0.278. The molecule has 2 aliphatic heterocycles. The summed E-state index contributed by atoms with van der Waals surface area (Å²) < 4.78 is 5.37. The zero-order chi connectivity index (χ0) is 20.4. The molecule has 0 bridgehead atoms. The second kappa shape index (κ2) is 7.89. The Kier molecular flexibility index (Phi) is 5.14. The maximum atomic E-state index is 12.9. The number of fused-ring (bicyclic) bond motifs is 1. The summed E-state index contributed by atoms with van der Waals surface area (Å²) in [5.74, 6) is -2.76. The van der Waals surface area contributed by atoms with Crippen LogP contribution in [0.1, 0.15) is 21.5 Å². The van der Waals surface area contributed by atoms with Gasteiger partial charge in [0, 0.05) is 29.9 Å². The number of carbonyl (C=O) groups excluding carboxylic acids is 3. The Labute approximate surface area is 167 Å². The molecule has 2 heterocycles. The second-order valence-electron chi connectivity index (χ2n) is 6.86. The van der Waals surface area contributed by atoms with Gasteiger partial charge in [-0.1, -0.05) is 30.3 Å². The highest BCUT2D eigenvalue weighted by Crippen LogP contribution is 2.30. The predicted octanol–water partition coefficient (Wildman–Crippen LogP) is 0.796. The van der Waals surface area contributed by atoms with Crippen molar-refractivity contribution >= 4 is 35.1 Å². The van der Waals surface area contributed by atoms with Gasteiger partial charge in [0.1, 0.15) is 0 Å². The second-order valence-corrected chi connectivity index (χ2v) is 6.86. The van der Waals surface area contributed by atoms with Crippen LogP contribution in [-0.2, 0) is 14.3 Å². The van der Waals surface area contributed by atoms with Crippen LogP contribution >= 0.6 is 0 Å². The van der Waals surface area contributed by atoms with Crippen LogP contribution < -0.4 is 10.0 Å². The molecule has 148 valence electrons. The number of hydrogen-bond donors (Lipinski definition) is 0. The third kappa shape index (κ3) is 3.77. The van der Waals surface area contributed by atoms with Gasteiger partial charge in [0.05, 0.1) is 25.7 Å². The van der Waals surface area contributed by atoms with E-state index in [-0.39, 0.29) is 5.57 Å². The summed E-state index contributed by atoms with van der Waals surface area (Å²) in [4.78, 5) is 39.4. The molecule has 0 N–H and O–H groups in total.